The van der Waals surface area contributed by atoms with Crippen molar-refractivity contribution in [2.45, 2.75) is 13.8 Å². The summed E-state index contributed by atoms with van der Waals surface area (Å²) in [4.78, 5) is 34.9. The van der Waals surface area contributed by atoms with Crippen molar-refractivity contribution in [1.82, 2.24) is 14.9 Å². The number of hydrogen-bond acceptors (Lipinski definition) is 7. The highest BCUT2D eigenvalue weighted by atomic mass is 16.5. The number of aryl methyl sites for hydroxylation is 2. The van der Waals surface area contributed by atoms with Crippen LogP contribution < -0.4 is 5.32 Å². The Balaban J connectivity index is 1.96. The minimum absolute atomic E-state index is 0.0973. The minimum atomic E-state index is -0.576. The summed E-state index contributed by atoms with van der Waals surface area (Å²) in [6.07, 6.45) is 0. The van der Waals surface area contributed by atoms with Crippen molar-refractivity contribution < 1.29 is 19.4 Å². The lowest BCUT2D eigenvalue weighted by Gasteiger charge is -2.15. The molecule has 0 radical (unpaired) electrons. The van der Waals surface area contributed by atoms with Gasteiger partial charge in [-0.15, -0.1) is 0 Å². The smallest absolute Gasteiger partial charge is 0.337 e. The first-order valence-electron chi connectivity index (χ1n) is 8.18. The number of benzene rings is 1. The van der Waals surface area contributed by atoms with E-state index in [1.807, 2.05) is 13.8 Å². The number of aliphatic hydroxyl groups excluding tert-OH is 1. The molecule has 1 aliphatic rings. The Morgan fingerprint density at radius 3 is 2.62 bits per heavy atom. The maximum atomic E-state index is 12.6. The van der Waals surface area contributed by atoms with Crippen LogP contribution in [0, 0.1) is 13.8 Å². The van der Waals surface area contributed by atoms with Crippen molar-refractivity contribution in [3.05, 3.63) is 40.9 Å². The number of β-amino-alcohol motifs (C(OH)–C–C–N with tert-alkyl or cyclic N) is 1. The van der Waals surface area contributed by atoms with Crippen LogP contribution in [0.2, 0.25) is 0 Å². The molecule has 136 valence electrons. The van der Waals surface area contributed by atoms with Crippen LogP contribution in [-0.2, 0) is 14.3 Å². The van der Waals surface area contributed by atoms with E-state index >= 15 is 0 Å². The van der Waals surface area contributed by atoms with Crippen molar-refractivity contribution in [1.29, 1.82) is 0 Å². The quantitative estimate of drug-likeness (QED) is 0.768. The Kier molecular flexibility index (Phi) is 4.85. The number of amides is 1. The summed E-state index contributed by atoms with van der Waals surface area (Å²) in [5, 5.41) is 12.1. The van der Waals surface area contributed by atoms with E-state index in [1.165, 1.54) is 12.0 Å². The van der Waals surface area contributed by atoms with E-state index in [9.17, 15) is 9.59 Å². The predicted octanol–water partition coefficient (Wildman–Crippen LogP) is 0.920. The molecule has 0 saturated heterocycles. The molecule has 2 aromatic rings. The molecule has 0 atom stereocenters. The summed E-state index contributed by atoms with van der Waals surface area (Å²) in [5.41, 5.74) is 4.13. The zero-order chi connectivity index (χ0) is 18.8. The normalized spacial score (nSPS) is 14.3. The van der Waals surface area contributed by atoms with Gasteiger partial charge in [-0.1, -0.05) is 0 Å². The van der Waals surface area contributed by atoms with E-state index < -0.39 is 5.97 Å². The lowest BCUT2D eigenvalue weighted by Crippen LogP contribution is -2.31. The number of nitrogens with one attached hydrogen (secondary N) is 1. The molecule has 0 spiro atoms. The summed E-state index contributed by atoms with van der Waals surface area (Å²) >= 11 is 0. The highest BCUT2D eigenvalue weighted by Gasteiger charge is 2.34. The average molecular weight is 356 g/mol. The molecule has 1 aliphatic heterocycles. The third-order valence-electron chi connectivity index (χ3n) is 4.30. The summed E-state index contributed by atoms with van der Waals surface area (Å²) < 4.78 is 4.78. The molecule has 26 heavy (non-hydrogen) atoms. The van der Waals surface area contributed by atoms with Gasteiger partial charge in [0.15, 0.2) is 0 Å². The van der Waals surface area contributed by atoms with Gasteiger partial charge in [-0.05, 0) is 32.0 Å². The van der Waals surface area contributed by atoms with Crippen LogP contribution in [0.15, 0.2) is 29.5 Å². The number of aromatic nitrogens is 2. The molecule has 0 fully saturated rings. The monoisotopic (exact) mass is 356 g/mol. The second-order valence-corrected chi connectivity index (χ2v) is 6.02. The molecule has 3 rings (SSSR count). The first kappa shape index (κ1) is 17.8. The fraction of sp³-hybridized carbons (Fsp3) is 0.333. The topological polar surface area (TPSA) is 105 Å². The second kappa shape index (κ2) is 7.09. The Labute approximate surface area is 150 Å². The van der Waals surface area contributed by atoms with Gasteiger partial charge in [-0.3, -0.25) is 4.79 Å². The van der Waals surface area contributed by atoms with Crippen LogP contribution in [0.4, 0.5) is 5.69 Å². The third kappa shape index (κ3) is 3.23. The summed E-state index contributed by atoms with van der Waals surface area (Å²) in [7, 11) is 1.27. The van der Waals surface area contributed by atoms with Crippen LogP contribution in [0.25, 0.3) is 11.0 Å². The molecule has 1 aromatic carbocycles. The lowest BCUT2D eigenvalue weighted by molar-refractivity contribution is -0.136. The lowest BCUT2D eigenvalue weighted by atomic mass is 10.2. The standard InChI is InChI=1S/C18H20N4O4/c1-10-11(2)20-15-8-12(4-5-14(15)19-10)21-16-13(18(25)26-3)9-22(6-7-23)17(16)24/h4-5,8,21,23H,6-7,9H2,1-3H3. The average Bonchev–Trinajstić information content (AvgIpc) is 2.92. The molecular weight excluding hydrogens is 336 g/mol. The summed E-state index contributed by atoms with van der Waals surface area (Å²) in [6, 6.07) is 5.36. The van der Waals surface area contributed by atoms with Crippen LogP contribution >= 0.6 is 0 Å². The number of nitrogens with zero attached hydrogens (tertiary/aromatic N) is 3. The van der Waals surface area contributed by atoms with Gasteiger partial charge in [0.2, 0.25) is 0 Å². The van der Waals surface area contributed by atoms with E-state index in [1.54, 1.807) is 18.2 Å². The summed E-state index contributed by atoms with van der Waals surface area (Å²) in [6.45, 7) is 3.84. The molecule has 0 bridgehead atoms. The Morgan fingerprint density at radius 1 is 1.27 bits per heavy atom. The van der Waals surface area contributed by atoms with Gasteiger partial charge >= 0.3 is 5.97 Å². The molecule has 2 N–H and O–H groups in total. The van der Waals surface area contributed by atoms with Crippen molar-refractivity contribution in [2.24, 2.45) is 0 Å². The van der Waals surface area contributed by atoms with Gasteiger partial charge < -0.3 is 20.1 Å². The Hall–Kier alpha value is -3.00. The maximum Gasteiger partial charge on any atom is 0.337 e. The van der Waals surface area contributed by atoms with Crippen molar-refractivity contribution in [3.8, 4) is 0 Å². The number of hydrogen-bond donors (Lipinski definition) is 2. The van der Waals surface area contributed by atoms with E-state index in [0.29, 0.717) is 11.2 Å². The highest BCUT2D eigenvalue weighted by Crippen LogP contribution is 2.24. The molecule has 0 aliphatic carbocycles. The zero-order valence-electron chi connectivity index (χ0n) is 14.9. The third-order valence-corrected chi connectivity index (χ3v) is 4.30. The summed E-state index contributed by atoms with van der Waals surface area (Å²) in [5.74, 6) is -0.931. The number of methoxy groups -OCH3 is 1. The van der Waals surface area contributed by atoms with Crippen molar-refractivity contribution in [3.63, 3.8) is 0 Å². The zero-order valence-corrected chi connectivity index (χ0v) is 14.9. The number of aliphatic hydroxyl groups is 1. The maximum absolute atomic E-state index is 12.6. The second-order valence-electron chi connectivity index (χ2n) is 6.02. The van der Waals surface area contributed by atoms with Crippen molar-refractivity contribution >= 4 is 28.6 Å². The molecule has 2 heterocycles. The van der Waals surface area contributed by atoms with Gasteiger partial charge in [0.05, 0.1) is 48.3 Å². The van der Waals surface area contributed by atoms with E-state index in [2.05, 4.69) is 15.3 Å². The molecule has 1 amide bonds. The van der Waals surface area contributed by atoms with Gasteiger partial charge in [-0.25, -0.2) is 14.8 Å². The molecule has 1 aromatic heterocycles. The predicted molar refractivity (Wildman–Crippen MR) is 95.3 cm³/mol. The number of rotatable bonds is 5. The van der Waals surface area contributed by atoms with Gasteiger partial charge in [0.25, 0.3) is 5.91 Å². The molecule has 8 heteroatoms. The van der Waals surface area contributed by atoms with E-state index in [4.69, 9.17) is 9.84 Å². The number of ether oxygens (including phenoxy) is 1. The van der Waals surface area contributed by atoms with Gasteiger partial charge in [0, 0.05) is 12.2 Å². The number of anilines is 1. The van der Waals surface area contributed by atoms with E-state index in [0.717, 1.165) is 16.9 Å². The minimum Gasteiger partial charge on any atom is -0.466 e. The molecule has 8 nitrogen and oxygen atoms in total. The highest BCUT2D eigenvalue weighted by molar-refractivity contribution is 6.08. The Morgan fingerprint density at radius 2 is 1.96 bits per heavy atom. The number of fused-ring (bicyclic) bond motifs is 1. The van der Waals surface area contributed by atoms with Crippen LogP contribution in [0.3, 0.4) is 0 Å². The van der Waals surface area contributed by atoms with Crippen LogP contribution in [0.5, 0.6) is 0 Å². The van der Waals surface area contributed by atoms with E-state index in [-0.39, 0.29) is 36.9 Å². The SMILES string of the molecule is COC(=O)C1=C(Nc2ccc3nc(C)c(C)nc3c2)C(=O)N(CCO)C1. The first-order valence-corrected chi connectivity index (χ1v) is 8.18. The number of carbonyl (C=O) groups is 2. The Bertz CT molecular complexity index is 923. The van der Waals surface area contributed by atoms with Crippen molar-refractivity contribution in [2.75, 3.05) is 32.1 Å². The van der Waals surface area contributed by atoms with Gasteiger partial charge in [-0.2, -0.15) is 0 Å². The fourth-order valence-electron chi connectivity index (χ4n) is 2.80. The number of carbonyl (C=O) groups excluding carboxylic acids is 2. The fourth-order valence-corrected chi connectivity index (χ4v) is 2.80. The molecule has 0 saturated carbocycles. The van der Waals surface area contributed by atoms with Crippen LogP contribution in [-0.4, -0.2) is 58.7 Å². The first-order chi connectivity index (χ1) is 12.4. The number of esters is 1. The molecular formula is C18H20N4O4. The van der Waals surface area contributed by atoms with Gasteiger partial charge in [0.1, 0.15) is 5.70 Å². The largest absolute Gasteiger partial charge is 0.466 e. The van der Waals surface area contributed by atoms with Crippen LogP contribution in [0.1, 0.15) is 11.4 Å². The molecule has 0 unspecified atom stereocenters.